The minimum Gasteiger partial charge on any atom is -0.453 e. The maximum Gasteiger partial charge on any atom is 0.411 e. The Morgan fingerprint density at radius 3 is 2.38 bits per heavy atom. The Hall–Kier alpha value is -2.04. The number of amides is 2. The van der Waals surface area contributed by atoms with Crippen molar-refractivity contribution in [2.45, 2.75) is 6.42 Å². The van der Waals surface area contributed by atoms with E-state index in [1.165, 1.54) is 7.11 Å². The Labute approximate surface area is 93.8 Å². The van der Waals surface area contributed by atoms with E-state index in [2.05, 4.69) is 15.4 Å². The molecule has 0 fully saturated rings. The quantitative estimate of drug-likeness (QED) is 0.806. The van der Waals surface area contributed by atoms with Gasteiger partial charge in [-0.25, -0.2) is 4.79 Å². The van der Waals surface area contributed by atoms with Gasteiger partial charge in [0, 0.05) is 12.7 Å². The molecule has 0 radical (unpaired) electrons. The molecule has 0 unspecified atom stereocenters. The molecule has 0 heterocycles. The lowest BCUT2D eigenvalue weighted by atomic mass is 10.1. The summed E-state index contributed by atoms with van der Waals surface area (Å²) >= 11 is 0. The molecular weight excluding hydrogens is 208 g/mol. The Morgan fingerprint density at radius 1 is 1.25 bits per heavy atom. The van der Waals surface area contributed by atoms with E-state index in [9.17, 15) is 9.59 Å². The van der Waals surface area contributed by atoms with Gasteiger partial charge in [-0.2, -0.15) is 0 Å². The molecule has 86 valence electrons. The van der Waals surface area contributed by atoms with Gasteiger partial charge in [-0.1, -0.05) is 12.1 Å². The van der Waals surface area contributed by atoms with Crippen molar-refractivity contribution in [1.82, 2.24) is 5.32 Å². The molecule has 0 saturated carbocycles. The fraction of sp³-hybridized carbons (Fsp3) is 0.273. The Kier molecular flexibility index (Phi) is 4.32. The average molecular weight is 222 g/mol. The Morgan fingerprint density at radius 2 is 1.88 bits per heavy atom. The van der Waals surface area contributed by atoms with Gasteiger partial charge in [-0.3, -0.25) is 10.1 Å². The van der Waals surface area contributed by atoms with Crippen LogP contribution in [0.2, 0.25) is 0 Å². The average Bonchev–Trinajstić information content (AvgIpc) is 2.31. The molecule has 1 aromatic carbocycles. The van der Waals surface area contributed by atoms with E-state index in [0.29, 0.717) is 12.1 Å². The second kappa shape index (κ2) is 5.75. The van der Waals surface area contributed by atoms with Gasteiger partial charge in [0.25, 0.3) is 0 Å². The van der Waals surface area contributed by atoms with Crippen molar-refractivity contribution in [3.05, 3.63) is 29.8 Å². The van der Waals surface area contributed by atoms with Gasteiger partial charge < -0.3 is 10.1 Å². The molecule has 1 aromatic rings. The van der Waals surface area contributed by atoms with Crippen LogP contribution in [0.4, 0.5) is 10.5 Å². The standard InChI is InChI=1S/C11H14N2O3/c1-12-10(14)7-8-3-5-9(6-4-8)13-11(15)16-2/h3-6H,7H2,1-2H3,(H,12,14)(H,13,15). The fourth-order valence-corrected chi connectivity index (χ4v) is 1.15. The maximum absolute atomic E-state index is 11.1. The number of anilines is 1. The van der Waals surface area contributed by atoms with Crippen molar-refractivity contribution < 1.29 is 14.3 Å². The second-order valence-corrected chi connectivity index (χ2v) is 3.16. The zero-order valence-corrected chi connectivity index (χ0v) is 9.24. The van der Waals surface area contributed by atoms with Crippen molar-refractivity contribution in [2.75, 3.05) is 19.5 Å². The lowest BCUT2D eigenvalue weighted by molar-refractivity contribution is -0.119. The van der Waals surface area contributed by atoms with E-state index < -0.39 is 6.09 Å². The van der Waals surface area contributed by atoms with E-state index in [1.807, 2.05) is 0 Å². The molecule has 0 spiro atoms. The summed E-state index contributed by atoms with van der Waals surface area (Å²) in [5, 5.41) is 5.07. The van der Waals surface area contributed by atoms with E-state index in [1.54, 1.807) is 31.3 Å². The summed E-state index contributed by atoms with van der Waals surface area (Å²) in [6.45, 7) is 0. The number of hydrogen-bond donors (Lipinski definition) is 2. The Balaban J connectivity index is 2.60. The maximum atomic E-state index is 11.1. The second-order valence-electron chi connectivity index (χ2n) is 3.16. The number of hydrogen-bond acceptors (Lipinski definition) is 3. The smallest absolute Gasteiger partial charge is 0.411 e. The van der Waals surface area contributed by atoms with Gasteiger partial charge in [0.1, 0.15) is 0 Å². The first-order valence-corrected chi connectivity index (χ1v) is 4.80. The first-order chi connectivity index (χ1) is 7.65. The van der Waals surface area contributed by atoms with Crippen LogP contribution in [0.15, 0.2) is 24.3 Å². The summed E-state index contributed by atoms with van der Waals surface area (Å²) in [5.41, 5.74) is 1.52. The highest BCUT2D eigenvalue weighted by molar-refractivity contribution is 5.84. The third-order valence-electron chi connectivity index (χ3n) is 2.03. The molecule has 16 heavy (non-hydrogen) atoms. The molecule has 0 saturated heterocycles. The molecule has 2 amide bonds. The van der Waals surface area contributed by atoms with Gasteiger partial charge in [0.15, 0.2) is 0 Å². The van der Waals surface area contributed by atoms with Crippen molar-refractivity contribution in [3.8, 4) is 0 Å². The van der Waals surface area contributed by atoms with Crippen molar-refractivity contribution in [3.63, 3.8) is 0 Å². The van der Waals surface area contributed by atoms with Crippen molar-refractivity contribution in [1.29, 1.82) is 0 Å². The summed E-state index contributed by atoms with van der Waals surface area (Å²) in [6.07, 6.45) is -0.186. The summed E-state index contributed by atoms with van der Waals surface area (Å²) in [6, 6.07) is 6.99. The molecule has 0 aliphatic rings. The van der Waals surface area contributed by atoms with Crippen molar-refractivity contribution >= 4 is 17.7 Å². The van der Waals surface area contributed by atoms with E-state index in [-0.39, 0.29) is 5.91 Å². The number of carbonyl (C=O) groups excluding carboxylic acids is 2. The van der Waals surface area contributed by atoms with Gasteiger partial charge in [0.05, 0.1) is 13.5 Å². The number of carbonyl (C=O) groups is 2. The molecule has 0 bridgehead atoms. The monoisotopic (exact) mass is 222 g/mol. The van der Waals surface area contributed by atoms with E-state index in [0.717, 1.165) is 5.56 Å². The zero-order valence-electron chi connectivity index (χ0n) is 9.24. The summed E-state index contributed by atoms with van der Waals surface area (Å²) < 4.78 is 4.45. The molecular formula is C11H14N2O3. The number of methoxy groups -OCH3 is 1. The lowest BCUT2D eigenvalue weighted by Gasteiger charge is -2.04. The highest BCUT2D eigenvalue weighted by atomic mass is 16.5. The first kappa shape index (κ1) is 12.0. The molecule has 0 aromatic heterocycles. The van der Waals surface area contributed by atoms with Crippen molar-refractivity contribution in [2.24, 2.45) is 0 Å². The van der Waals surface area contributed by atoms with E-state index >= 15 is 0 Å². The molecule has 2 N–H and O–H groups in total. The normalized spacial score (nSPS) is 9.38. The number of ether oxygens (including phenoxy) is 1. The van der Waals surface area contributed by atoms with Gasteiger partial charge in [-0.15, -0.1) is 0 Å². The zero-order chi connectivity index (χ0) is 12.0. The largest absolute Gasteiger partial charge is 0.453 e. The van der Waals surface area contributed by atoms with Crippen LogP contribution in [0.3, 0.4) is 0 Å². The number of likely N-dealkylation sites (N-methyl/N-ethyl adjacent to an activating group) is 1. The fourth-order valence-electron chi connectivity index (χ4n) is 1.15. The third kappa shape index (κ3) is 3.61. The number of rotatable bonds is 3. The number of benzene rings is 1. The highest BCUT2D eigenvalue weighted by Gasteiger charge is 2.02. The summed E-state index contributed by atoms with van der Waals surface area (Å²) in [5.74, 6) is -0.0475. The molecule has 0 atom stereocenters. The Bertz CT molecular complexity index is 336. The molecule has 5 nitrogen and oxygen atoms in total. The predicted molar refractivity (Wildman–Crippen MR) is 60.2 cm³/mol. The van der Waals surface area contributed by atoms with Crippen LogP contribution in [0.5, 0.6) is 0 Å². The van der Waals surface area contributed by atoms with Crippen LogP contribution in [0.25, 0.3) is 0 Å². The summed E-state index contributed by atoms with van der Waals surface area (Å²) in [4.78, 5) is 22.0. The molecule has 1 rings (SSSR count). The van der Waals surface area contributed by atoms with Crippen LogP contribution in [-0.2, 0) is 16.0 Å². The minimum absolute atomic E-state index is 0.0475. The minimum atomic E-state index is -0.515. The highest BCUT2D eigenvalue weighted by Crippen LogP contribution is 2.10. The molecule has 5 heteroatoms. The molecule has 0 aliphatic heterocycles. The van der Waals surface area contributed by atoms with Gasteiger partial charge >= 0.3 is 6.09 Å². The van der Waals surface area contributed by atoms with Crippen LogP contribution in [0, 0.1) is 0 Å². The third-order valence-corrected chi connectivity index (χ3v) is 2.03. The van der Waals surface area contributed by atoms with Crippen LogP contribution >= 0.6 is 0 Å². The molecule has 0 aliphatic carbocycles. The lowest BCUT2D eigenvalue weighted by Crippen LogP contribution is -2.19. The topological polar surface area (TPSA) is 67.4 Å². The SMILES string of the molecule is CNC(=O)Cc1ccc(NC(=O)OC)cc1. The van der Waals surface area contributed by atoms with Crippen LogP contribution in [-0.4, -0.2) is 26.2 Å². The van der Waals surface area contributed by atoms with E-state index in [4.69, 9.17) is 0 Å². The first-order valence-electron chi connectivity index (χ1n) is 4.80. The predicted octanol–water partition coefficient (Wildman–Crippen LogP) is 1.15. The van der Waals surface area contributed by atoms with Crippen LogP contribution in [0.1, 0.15) is 5.56 Å². The van der Waals surface area contributed by atoms with Gasteiger partial charge in [-0.05, 0) is 17.7 Å². The number of nitrogens with one attached hydrogen (secondary N) is 2. The summed E-state index contributed by atoms with van der Waals surface area (Å²) in [7, 11) is 2.89. The van der Waals surface area contributed by atoms with Gasteiger partial charge in [0.2, 0.25) is 5.91 Å². The van der Waals surface area contributed by atoms with Crippen LogP contribution < -0.4 is 10.6 Å².